The van der Waals surface area contributed by atoms with Crippen molar-refractivity contribution in [2.75, 3.05) is 5.32 Å². The van der Waals surface area contributed by atoms with Crippen molar-refractivity contribution in [3.63, 3.8) is 0 Å². The van der Waals surface area contributed by atoms with Gasteiger partial charge in [0.05, 0.1) is 10.2 Å². The third kappa shape index (κ3) is 3.65. The lowest BCUT2D eigenvalue weighted by atomic mass is 10.3. The highest BCUT2D eigenvalue weighted by atomic mass is 79.9. The lowest BCUT2D eigenvalue weighted by Crippen LogP contribution is -2.07. The minimum absolute atomic E-state index is 0.0789. The molecular formula is C12H9BrClN3O2. The standard InChI is InChI=1S/C12H9BrClN3O2/c1-7(18)16-9-4-2-3-5-10(9)19-11-8(13)6-15-12(14)17-11/h2-6H,1H3,(H,16,18). The number of carbonyl (C=O) groups excluding carboxylic acids is 1. The Hall–Kier alpha value is -1.66. The number of benzene rings is 1. The van der Waals surface area contributed by atoms with Crippen molar-refractivity contribution in [3.8, 4) is 11.6 Å². The fraction of sp³-hybridized carbons (Fsp3) is 0.0833. The highest BCUT2D eigenvalue weighted by molar-refractivity contribution is 9.10. The quantitative estimate of drug-likeness (QED) is 0.865. The number of nitrogens with zero attached hydrogens (tertiary/aromatic N) is 2. The highest BCUT2D eigenvalue weighted by Crippen LogP contribution is 2.32. The molecule has 0 spiro atoms. The minimum Gasteiger partial charge on any atom is -0.436 e. The second-order valence-electron chi connectivity index (χ2n) is 3.57. The van der Waals surface area contributed by atoms with E-state index in [1.54, 1.807) is 24.3 Å². The minimum atomic E-state index is -0.184. The molecular weight excluding hydrogens is 334 g/mol. The molecule has 98 valence electrons. The second kappa shape index (κ2) is 5.99. The van der Waals surface area contributed by atoms with Crippen molar-refractivity contribution >= 4 is 39.1 Å². The van der Waals surface area contributed by atoms with Crippen molar-refractivity contribution in [2.45, 2.75) is 6.92 Å². The van der Waals surface area contributed by atoms with E-state index in [0.29, 0.717) is 15.9 Å². The van der Waals surface area contributed by atoms with E-state index in [1.807, 2.05) is 0 Å². The second-order valence-corrected chi connectivity index (χ2v) is 4.76. The van der Waals surface area contributed by atoms with Gasteiger partial charge in [-0.1, -0.05) is 12.1 Å². The molecule has 1 amide bonds. The van der Waals surface area contributed by atoms with E-state index >= 15 is 0 Å². The molecule has 0 atom stereocenters. The van der Waals surface area contributed by atoms with Crippen LogP contribution in [0.3, 0.4) is 0 Å². The van der Waals surface area contributed by atoms with Gasteiger partial charge in [-0.15, -0.1) is 0 Å². The summed E-state index contributed by atoms with van der Waals surface area (Å²) in [6.07, 6.45) is 1.49. The number of para-hydroxylation sites is 2. The Balaban J connectivity index is 2.32. The van der Waals surface area contributed by atoms with Crippen molar-refractivity contribution in [1.82, 2.24) is 9.97 Å². The third-order valence-electron chi connectivity index (χ3n) is 2.09. The number of amides is 1. The van der Waals surface area contributed by atoms with Crippen LogP contribution in [-0.4, -0.2) is 15.9 Å². The fourth-order valence-electron chi connectivity index (χ4n) is 1.36. The first-order valence-corrected chi connectivity index (χ1v) is 6.46. The molecule has 0 saturated heterocycles. The number of rotatable bonds is 3. The Kier molecular flexibility index (Phi) is 4.34. The SMILES string of the molecule is CC(=O)Nc1ccccc1Oc1nc(Cl)ncc1Br. The molecule has 0 bridgehead atoms. The zero-order valence-corrected chi connectivity index (χ0v) is 12.2. The summed E-state index contributed by atoms with van der Waals surface area (Å²) in [5.74, 6) is 0.557. The number of hydrogen-bond donors (Lipinski definition) is 1. The first kappa shape index (κ1) is 13.8. The van der Waals surface area contributed by atoms with Crippen LogP contribution in [0.5, 0.6) is 11.6 Å². The van der Waals surface area contributed by atoms with E-state index in [-0.39, 0.29) is 17.1 Å². The van der Waals surface area contributed by atoms with E-state index in [0.717, 1.165) is 0 Å². The van der Waals surface area contributed by atoms with Crippen LogP contribution in [0.25, 0.3) is 0 Å². The summed E-state index contributed by atoms with van der Waals surface area (Å²) in [7, 11) is 0. The number of anilines is 1. The molecule has 0 aliphatic heterocycles. The third-order valence-corrected chi connectivity index (χ3v) is 2.81. The van der Waals surface area contributed by atoms with E-state index in [1.165, 1.54) is 13.1 Å². The Morgan fingerprint density at radius 1 is 1.42 bits per heavy atom. The molecule has 0 fully saturated rings. The average Bonchev–Trinajstić information content (AvgIpc) is 2.35. The van der Waals surface area contributed by atoms with Crippen LogP contribution in [-0.2, 0) is 4.79 Å². The summed E-state index contributed by atoms with van der Waals surface area (Å²) in [4.78, 5) is 18.9. The molecule has 1 N–H and O–H groups in total. The molecule has 1 heterocycles. The maximum atomic E-state index is 11.1. The summed E-state index contributed by atoms with van der Waals surface area (Å²) < 4.78 is 6.19. The van der Waals surface area contributed by atoms with Gasteiger partial charge in [-0.2, -0.15) is 4.98 Å². The molecule has 0 saturated carbocycles. The van der Waals surface area contributed by atoms with Crippen molar-refractivity contribution < 1.29 is 9.53 Å². The van der Waals surface area contributed by atoms with Gasteiger partial charge in [0.2, 0.25) is 17.1 Å². The Morgan fingerprint density at radius 2 is 2.16 bits per heavy atom. The Morgan fingerprint density at radius 3 is 2.89 bits per heavy atom. The van der Waals surface area contributed by atoms with Crippen LogP contribution in [0.2, 0.25) is 5.28 Å². The van der Waals surface area contributed by atoms with Gasteiger partial charge in [0, 0.05) is 13.1 Å². The molecule has 1 aromatic carbocycles. The predicted octanol–water partition coefficient (Wildman–Crippen LogP) is 3.64. The Labute approximate surface area is 123 Å². The largest absolute Gasteiger partial charge is 0.436 e. The van der Waals surface area contributed by atoms with Crippen molar-refractivity contribution in [2.24, 2.45) is 0 Å². The molecule has 7 heteroatoms. The van der Waals surface area contributed by atoms with E-state index in [9.17, 15) is 4.79 Å². The van der Waals surface area contributed by atoms with Gasteiger partial charge < -0.3 is 10.1 Å². The van der Waals surface area contributed by atoms with Gasteiger partial charge in [-0.3, -0.25) is 4.79 Å². The first-order chi connectivity index (χ1) is 9.06. The highest BCUT2D eigenvalue weighted by Gasteiger charge is 2.10. The van der Waals surface area contributed by atoms with Gasteiger partial charge >= 0.3 is 0 Å². The number of aromatic nitrogens is 2. The molecule has 19 heavy (non-hydrogen) atoms. The molecule has 0 radical (unpaired) electrons. The topological polar surface area (TPSA) is 64.1 Å². The number of halogens is 2. The molecule has 0 unspecified atom stereocenters. The lowest BCUT2D eigenvalue weighted by Gasteiger charge is -2.11. The summed E-state index contributed by atoms with van der Waals surface area (Å²) in [6.45, 7) is 1.42. The number of hydrogen-bond acceptors (Lipinski definition) is 4. The van der Waals surface area contributed by atoms with Gasteiger partial charge in [0.15, 0.2) is 5.75 Å². The number of ether oxygens (including phenoxy) is 1. The molecule has 1 aromatic heterocycles. The summed E-state index contributed by atoms with van der Waals surface area (Å²) in [6, 6.07) is 7.03. The molecule has 5 nitrogen and oxygen atoms in total. The zero-order chi connectivity index (χ0) is 13.8. The van der Waals surface area contributed by atoms with Crippen LogP contribution < -0.4 is 10.1 Å². The predicted molar refractivity (Wildman–Crippen MR) is 75.6 cm³/mol. The van der Waals surface area contributed by atoms with Crippen molar-refractivity contribution in [1.29, 1.82) is 0 Å². The van der Waals surface area contributed by atoms with E-state index in [4.69, 9.17) is 16.3 Å². The molecule has 0 aliphatic carbocycles. The van der Waals surface area contributed by atoms with Gasteiger partial charge in [-0.05, 0) is 39.7 Å². The van der Waals surface area contributed by atoms with Crippen molar-refractivity contribution in [3.05, 3.63) is 40.2 Å². The van der Waals surface area contributed by atoms with Crippen LogP contribution in [0, 0.1) is 0 Å². The smallest absolute Gasteiger partial charge is 0.238 e. The first-order valence-electron chi connectivity index (χ1n) is 5.29. The van der Waals surface area contributed by atoms with Gasteiger partial charge in [-0.25, -0.2) is 4.98 Å². The average molecular weight is 343 g/mol. The number of carbonyl (C=O) groups is 1. The fourth-order valence-corrected chi connectivity index (χ4v) is 1.75. The number of nitrogens with one attached hydrogen (secondary N) is 1. The summed E-state index contributed by atoms with van der Waals surface area (Å²) in [5, 5.41) is 2.75. The molecule has 0 aliphatic rings. The zero-order valence-electron chi connectivity index (χ0n) is 9.85. The summed E-state index contributed by atoms with van der Waals surface area (Å²) in [5.41, 5.74) is 0.552. The van der Waals surface area contributed by atoms with Gasteiger partial charge in [0.1, 0.15) is 0 Å². The van der Waals surface area contributed by atoms with Crippen LogP contribution in [0.4, 0.5) is 5.69 Å². The van der Waals surface area contributed by atoms with Crippen LogP contribution in [0.15, 0.2) is 34.9 Å². The van der Waals surface area contributed by atoms with Gasteiger partial charge in [0.25, 0.3) is 0 Å². The maximum absolute atomic E-state index is 11.1. The van der Waals surface area contributed by atoms with E-state index < -0.39 is 0 Å². The van der Waals surface area contributed by atoms with E-state index in [2.05, 4.69) is 31.2 Å². The summed E-state index contributed by atoms with van der Waals surface area (Å²) >= 11 is 8.98. The lowest BCUT2D eigenvalue weighted by molar-refractivity contribution is -0.114. The molecule has 2 rings (SSSR count). The Bertz CT molecular complexity index is 622. The van der Waals surface area contributed by atoms with Crippen LogP contribution in [0.1, 0.15) is 6.92 Å². The normalized spacial score (nSPS) is 10.1. The molecule has 2 aromatic rings. The monoisotopic (exact) mass is 341 g/mol. The maximum Gasteiger partial charge on any atom is 0.238 e. The van der Waals surface area contributed by atoms with Crippen LogP contribution >= 0.6 is 27.5 Å².